The van der Waals surface area contributed by atoms with Gasteiger partial charge in [0.1, 0.15) is 6.33 Å². The van der Waals surface area contributed by atoms with Gasteiger partial charge in [-0.2, -0.15) is 0 Å². The molecule has 1 aromatic heterocycles. The lowest BCUT2D eigenvalue weighted by molar-refractivity contribution is 0.0997. The minimum absolute atomic E-state index is 0.312. The lowest BCUT2D eigenvalue weighted by atomic mass is 10.0. The van der Waals surface area contributed by atoms with Gasteiger partial charge in [-0.3, -0.25) is 0 Å². The monoisotopic (exact) mass is 221 g/mol. The number of hydrogen-bond acceptors (Lipinski definition) is 4. The summed E-state index contributed by atoms with van der Waals surface area (Å²) in [6.45, 7) is 0.933. The third-order valence-electron chi connectivity index (χ3n) is 3.11. The average Bonchev–Trinajstić information content (AvgIpc) is 2.84. The van der Waals surface area contributed by atoms with Crippen molar-refractivity contribution in [3.63, 3.8) is 0 Å². The maximum Gasteiger partial charge on any atom is 0.115 e. The molecule has 0 bridgehead atoms. The van der Waals surface area contributed by atoms with E-state index in [0.717, 1.165) is 25.1 Å². The van der Waals surface area contributed by atoms with Gasteiger partial charge in [0, 0.05) is 18.8 Å². The first-order valence-electron chi connectivity index (χ1n) is 5.95. The van der Waals surface area contributed by atoms with Crippen molar-refractivity contribution in [2.45, 2.75) is 37.8 Å². The van der Waals surface area contributed by atoms with Crippen molar-refractivity contribution in [3.8, 4) is 0 Å². The molecule has 2 atom stereocenters. The summed E-state index contributed by atoms with van der Waals surface area (Å²) in [5, 5.41) is 3.30. The van der Waals surface area contributed by atoms with Crippen molar-refractivity contribution in [1.82, 2.24) is 15.3 Å². The zero-order valence-electron chi connectivity index (χ0n) is 9.72. The summed E-state index contributed by atoms with van der Waals surface area (Å²) in [5.74, 6) is 0. The van der Waals surface area contributed by atoms with Crippen molar-refractivity contribution in [3.05, 3.63) is 24.3 Å². The summed E-state index contributed by atoms with van der Waals surface area (Å²) in [7, 11) is 1.97. The van der Waals surface area contributed by atoms with Gasteiger partial charge in [-0.1, -0.05) is 0 Å². The number of nitrogens with one attached hydrogen (secondary N) is 1. The Bertz CT molecular complexity index is 298. The quantitative estimate of drug-likeness (QED) is 0.822. The third-order valence-corrected chi connectivity index (χ3v) is 3.11. The van der Waals surface area contributed by atoms with Gasteiger partial charge < -0.3 is 10.1 Å². The highest BCUT2D eigenvalue weighted by molar-refractivity contribution is 5.04. The molecule has 4 nitrogen and oxygen atoms in total. The van der Waals surface area contributed by atoms with Crippen LogP contribution < -0.4 is 5.32 Å². The Morgan fingerprint density at radius 1 is 1.62 bits per heavy atom. The Morgan fingerprint density at radius 2 is 2.56 bits per heavy atom. The molecule has 4 heteroatoms. The fourth-order valence-corrected chi connectivity index (χ4v) is 2.17. The van der Waals surface area contributed by atoms with Gasteiger partial charge in [-0.25, -0.2) is 9.97 Å². The van der Waals surface area contributed by atoms with Crippen LogP contribution in [0, 0.1) is 0 Å². The average molecular weight is 221 g/mol. The van der Waals surface area contributed by atoms with Gasteiger partial charge in [-0.05, 0) is 38.8 Å². The highest BCUT2D eigenvalue weighted by Crippen LogP contribution is 2.22. The molecule has 1 saturated heterocycles. The van der Waals surface area contributed by atoms with Crippen molar-refractivity contribution in [1.29, 1.82) is 0 Å². The SMILES string of the molecule is CNC(CCC1CCCO1)c1ccncn1. The second-order valence-electron chi connectivity index (χ2n) is 4.19. The lowest BCUT2D eigenvalue weighted by Crippen LogP contribution is -2.19. The van der Waals surface area contributed by atoms with Crippen LogP contribution in [0.2, 0.25) is 0 Å². The first-order chi connectivity index (χ1) is 7.90. The van der Waals surface area contributed by atoms with Gasteiger partial charge in [-0.15, -0.1) is 0 Å². The number of rotatable bonds is 5. The van der Waals surface area contributed by atoms with Gasteiger partial charge in [0.25, 0.3) is 0 Å². The van der Waals surface area contributed by atoms with Gasteiger partial charge in [0.15, 0.2) is 0 Å². The number of hydrogen-bond donors (Lipinski definition) is 1. The number of nitrogens with zero attached hydrogens (tertiary/aromatic N) is 2. The summed E-state index contributed by atoms with van der Waals surface area (Å²) < 4.78 is 5.62. The van der Waals surface area contributed by atoms with Crippen molar-refractivity contribution in [2.75, 3.05) is 13.7 Å². The van der Waals surface area contributed by atoms with E-state index in [1.807, 2.05) is 13.1 Å². The second kappa shape index (κ2) is 5.92. The van der Waals surface area contributed by atoms with Crippen molar-refractivity contribution < 1.29 is 4.74 Å². The van der Waals surface area contributed by atoms with E-state index in [1.165, 1.54) is 12.8 Å². The molecule has 1 fully saturated rings. The van der Waals surface area contributed by atoms with Crippen LogP contribution in [0.5, 0.6) is 0 Å². The molecule has 0 aliphatic carbocycles. The molecule has 88 valence electrons. The summed E-state index contributed by atoms with van der Waals surface area (Å²) in [4.78, 5) is 8.22. The minimum Gasteiger partial charge on any atom is -0.378 e. The Balaban J connectivity index is 1.85. The summed E-state index contributed by atoms with van der Waals surface area (Å²) in [5.41, 5.74) is 1.07. The summed E-state index contributed by atoms with van der Waals surface area (Å²) in [6.07, 6.45) is 8.44. The Kier molecular flexibility index (Phi) is 4.25. The first kappa shape index (κ1) is 11.5. The molecule has 0 amide bonds. The molecule has 0 saturated carbocycles. The second-order valence-corrected chi connectivity index (χ2v) is 4.19. The molecule has 1 aliphatic rings. The molecule has 2 heterocycles. The van der Waals surface area contributed by atoms with Crippen LogP contribution in [-0.2, 0) is 4.74 Å². The van der Waals surface area contributed by atoms with Crippen LogP contribution in [0.4, 0.5) is 0 Å². The predicted molar refractivity (Wildman–Crippen MR) is 62.0 cm³/mol. The topological polar surface area (TPSA) is 47.0 Å². The van der Waals surface area contributed by atoms with E-state index < -0.39 is 0 Å². The normalized spacial score (nSPS) is 22.2. The molecule has 0 aromatic carbocycles. The first-order valence-corrected chi connectivity index (χ1v) is 5.95. The number of ether oxygens (including phenoxy) is 1. The van der Waals surface area contributed by atoms with Crippen LogP contribution >= 0.6 is 0 Å². The van der Waals surface area contributed by atoms with E-state index in [-0.39, 0.29) is 0 Å². The Labute approximate surface area is 96.4 Å². The summed E-state index contributed by atoms with van der Waals surface area (Å²) >= 11 is 0. The summed E-state index contributed by atoms with van der Waals surface area (Å²) in [6, 6.07) is 2.28. The molecule has 0 radical (unpaired) electrons. The maximum absolute atomic E-state index is 5.62. The lowest BCUT2D eigenvalue weighted by Gasteiger charge is -2.17. The van der Waals surface area contributed by atoms with Crippen molar-refractivity contribution >= 4 is 0 Å². The third kappa shape index (κ3) is 3.00. The molecule has 0 spiro atoms. The molecule has 1 N–H and O–H groups in total. The molecule has 2 rings (SSSR count). The molecule has 2 unspecified atom stereocenters. The van der Waals surface area contributed by atoms with E-state index in [1.54, 1.807) is 12.5 Å². The standard InChI is InChI=1S/C12H19N3O/c1-13-11(12-6-7-14-9-15-12)5-4-10-3-2-8-16-10/h6-7,9-11,13H,2-5,8H2,1H3. The Morgan fingerprint density at radius 3 is 3.19 bits per heavy atom. The van der Waals surface area contributed by atoms with E-state index in [2.05, 4.69) is 15.3 Å². The largest absolute Gasteiger partial charge is 0.378 e. The van der Waals surface area contributed by atoms with Gasteiger partial charge >= 0.3 is 0 Å². The van der Waals surface area contributed by atoms with Crippen LogP contribution in [0.25, 0.3) is 0 Å². The van der Waals surface area contributed by atoms with Crippen LogP contribution in [0.1, 0.15) is 37.4 Å². The zero-order valence-corrected chi connectivity index (χ0v) is 9.72. The maximum atomic E-state index is 5.62. The minimum atomic E-state index is 0.312. The fraction of sp³-hybridized carbons (Fsp3) is 0.667. The van der Waals surface area contributed by atoms with E-state index in [4.69, 9.17) is 4.74 Å². The molecular formula is C12H19N3O. The predicted octanol–water partition coefficient (Wildman–Crippen LogP) is 1.70. The zero-order chi connectivity index (χ0) is 11.2. The highest BCUT2D eigenvalue weighted by atomic mass is 16.5. The van der Waals surface area contributed by atoms with Gasteiger partial charge in [0.2, 0.25) is 0 Å². The van der Waals surface area contributed by atoms with Crippen LogP contribution in [0.3, 0.4) is 0 Å². The molecular weight excluding hydrogens is 202 g/mol. The molecule has 16 heavy (non-hydrogen) atoms. The fourth-order valence-electron chi connectivity index (χ4n) is 2.17. The van der Waals surface area contributed by atoms with Gasteiger partial charge in [0.05, 0.1) is 11.8 Å². The van der Waals surface area contributed by atoms with E-state index >= 15 is 0 Å². The van der Waals surface area contributed by atoms with Crippen LogP contribution in [0.15, 0.2) is 18.6 Å². The van der Waals surface area contributed by atoms with Crippen LogP contribution in [-0.4, -0.2) is 29.7 Å². The Hall–Kier alpha value is -1.00. The van der Waals surface area contributed by atoms with E-state index in [9.17, 15) is 0 Å². The highest BCUT2D eigenvalue weighted by Gasteiger charge is 2.18. The molecule has 1 aliphatic heterocycles. The van der Waals surface area contributed by atoms with E-state index in [0.29, 0.717) is 12.1 Å². The smallest absolute Gasteiger partial charge is 0.115 e. The number of aromatic nitrogens is 2. The van der Waals surface area contributed by atoms with Crippen molar-refractivity contribution in [2.24, 2.45) is 0 Å². The molecule has 1 aromatic rings.